The van der Waals surface area contributed by atoms with Crippen LogP contribution in [0.15, 0.2) is 28.9 Å². The van der Waals surface area contributed by atoms with Gasteiger partial charge in [-0.25, -0.2) is 14.6 Å². The van der Waals surface area contributed by atoms with Crippen molar-refractivity contribution < 1.29 is 23.8 Å². The van der Waals surface area contributed by atoms with Crippen LogP contribution < -0.4 is 4.74 Å². The standard InChI is InChI=1S/C28H33N3O5/c1-17-24(27(33)35-16-19-8-5-9-22(30-19)26(32)34-2)25-20-15-18-7-6-14-31-13-4-3-12-28(18,31)36-23(20)11-10-21(25)29-17/h8,10-11,18,29H,3-7,9,12-16H2,1-2H3. The van der Waals surface area contributed by atoms with E-state index in [9.17, 15) is 9.59 Å². The number of aromatic nitrogens is 1. The number of benzene rings is 1. The van der Waals surface area contributed by atoms with Gasteiger partial charge in [-0.2, -0.15) is 0 Å². The molecule has 4 aliphatic heterocycles. The van der Waals surface area contributed by atoms with Crippen molar-refractivity contribution in [2.75, 3.05) is 26.8 Å². The fraction of sp³-hybridized carbons (Fsp3) is 0.536. The number of H-pyrrole nitrogens is 1. The Bertz CT molecular complexity index is 1290. The maximum absolute atomic E-state index is 13.4. The van der Waals surface area contributed by atoms with Crippen molar-refractivity contribution in [3.63, 3.8) is 0 Å². The molecule has 2 atom stereocenters. The number of piperidine rings is 2. The SMILES string of the molecule is COC(=O)C1=NC(COC(=O)c2c(C)[nH]c3ccc4c(c23)CC2CCCN3CCCCC23O4)=CCC1. The third kappa shape index (κ3) is 3.74. The molecule has 0 aliphatic carbocycles. The van der Waals surface area contributed by atoms with E-state index in [0.29, 0.717) is 35.7 Å². The summed E-state index contributed by atoms with van der Waals surface area (Å²) in [5.41, 5.74) is 4.10. The van der Waals surface area contributed by atoms with E-state index in [1.54, 1.807) is 0 Å². The highest BCUT2D eigenvalue weighted by atomic mass is 16.5. The average Bonchev–Trinajstić information content (AvgIpc) is 3.25. The van der Waals surface area contributed by atoms with Crippen molar-refractivity contribution in [1.29, 1.82) is 0 Å². The van der Waals surface area contributed by atoms with Crippen LogP contribution in [0.3, 0.4) is 0 Å². The summed E-state index contributed by atoms with van der Waals surface area (Å²) in [6.07, 6.45) is 9.82. The van der Waals surface area contributed by atoms with E-state index in [-0.39, 0.29) is 12.3 Å². The van der Waals surface area contributed by atoms with Gasteiger partial charge in [-0.3, -0.25) is 4.90 Å². The lowest BCUT2D eigenvalue weighted by Crippen LogP contribution is -2.64. The Hall–Kier alpha value is -3.13. The monoisotopic (exact) mass is 491 g/mol. The maximum atomic E-state index is 13.4. The Labute approximate surface area is 210 Å². The third-order valence-electron chi connectivity index (χ3n) is 8.34. The summed E-state index contributed by atoms with van der Waals surface area (Å²) >= 11 is 0. The van der Waals surface area contributed by atoms with Crippen molar-refractivity contribution in [3.8, 4) is 5.75 Å². The van der Waals surface area contributed by atoms with E-state index in [4.69, 9.17) is 14.2 Å². The number of carbonyl (C=O) groups is 2. The number of hydrogen-bond donors (Lipinski definition) is 1. The van der Waals surface area contributed by atoms with Gasteiger partial charge in [-0.15, -0.1) is 0 Å². The summed E-state index contributed by atoms with van der Waals surface area (Å²) in [7, 11) is 1.34. The molecule has 1 N–H and O–H groups in total. The minimum Gasteiger partial charge on any atom is -0.472 e. The largest absolute Gasteiger partial charge is 0.472 e. The number of rotatable bonds is 4. The van der Waals surface area contributed by atoms with Crippen molar-refractivity contribution in [3.05, 3.63) is 40.7 Å². The zero-order valence-electron chi connectivity index (χ0n) is 21.0. The maximum Gasteiger partial charge on any atom is 0.352 e. The summed E-state index contributed by atoms with van der Waals surface area (Å²) in [6, 6.07) is 4.08. The molecule has 0 amide bonds. The highest BCUT2D eigenvalue weighted by Gasteiger charge is 2.52. The number of aryl methyl sites for hydroxylation is 1. The van der Waals surface area contributed by atoms with E-state index < -0.39 is 11.9 Å². The first-order chi connectivity index (χ1) is 17.5. The average molecular weight is 492 g/mol. The number of allylic oxidation sites excluding steroid dienone is 1. The topological polar surface area (TPSA) is 93.2 Å². The van der Waals surface area contributed by atoms with Crippen LogP contribution in [0.5, 0.6) is 5.75 Å². The van der Waals surface area contributed by atoms with Gasteiger partial charge in [0.2, 0.25) is 0 Å². The predicted molar refractivity (Wildman–Crippen MR) is 135 cm³/mol. The fourth-order valence-electron chi connectivity index (χ4n) is 6.69. The molecule has 2 fully saturated rings. The highest BCUT2D eigenvalue weighted by Crippen LogP contribution is 2.50. The van der Waals surface area contributed by atoms with E-state index in [0.717, 1.165) is 60.3 Å². The first-order valence-electron chi connectivity index (χ1n) is 13.1. The lowest BCUT2D eigenvalue weighted by atomic mass is 9.74. The normalized spacial score (nSPS) is 25.6. The van der Waals surface area contributed by atoms with E-state index in [2.05, 4.69) is 20.9 Å². The first-order valence-corrected chi connectivity index (χ1v) is 13.1. The number of carbonyl (C=O) groups excluding carboxylic acids is 2. The quantitative estimate of drug-likeness (QED) is 0.635. The first kappa shape index (κ1) is 23.3. The second-order valence-corrected chi connectivity index (χ2v) is 10.4. The van der Waals surface area contributed by atoms with Crippen molar-refractivity contribution in [1.82, 2.24) is 9.88 Å². The predicted octanol–water partition coefficient (Wildman–Crippen LogP) is 4.45. The zero-order chi connectivity index (χ0) is 24.9. The number of methoxy groups -OCH3 is 1. The number of ether oxygens (including phenoxy) is 3. The highest BCUT2D eigenvalue weighted by molar-refractivity contribution is 6.36. The van der Waals surface area contributed by atoms with E-state index >= 15 is 0 Å². The number of hydrogen-bond acceptors (Lipinski definition) is 7. The molecule has 8 nitrogen and oxygen atoms in total. The van der Waals surface area contributed by atoms with Crippen LogP contribution in [0.4, 0.5) is 0 Å². The van der Waals surface area contributed by atoms with Gasteiger partial charge in [0, 0.05) is 54.0 Å². The molecule has 0 bridgehead atoms. The van der Waals surface area contributed by atoms with Crippen LogP contribution in [0.2, 0.25) is 0 Å². The molecule has 8 heteroatoms. The number of aliphatic imine (C=N–C) groups is 1. The Morgan fingerprint density at radius 1 is 1.22 bits per heavy atom. The molecular weight excluding hydrogens is 458 g/mol. The van der Waals surface area contributed by atoms with Crippen LogP contribution in [0.1, 0.15) is 66.6 Å². The van der Waals surface area contributed by atoms with Gasteiger partial charge in [0.15, 0.2) is 5.72 Å². The second-order valence-electron chi connectivity index (χ2n) is 10.4. The Morgan fingerprint density at radius 2 is 2.08 bits per heavy atom. The van der Waals surface area contributed by atoms with Crippen LogP contribution in [0, 0.1) is 12.8 Å². The molecule has 190 valence electrons. The number of aromatic amines is 1. The van der Waals surface area contributed by atoms with Gasteiger partial charge in [0.05, 0.1) is 18.4 Å². The number of nitrogens with one attached hydrogen (secondary N) is 1. The number of esters is 2. The lowest BCUT2D eigenvalue weighted by molar-refractivity contribution is -0.177. The lowest BCUT2D eigenvalue weighted by Gasteiger charge is -2.56. The molecule has 0 saturated carbocycles. The van der Waals surface area contributed by atoms with Crippen molar-refractivity contribution in [2.24, 2.45) is 10.9 Å². The molecule has 5 heterocycles. The van der Waals surface area contributed by atoms with Crippen LogP contribution >= 0.6 is 0 Å². The molecule has 1 aromatic carbocycles. The summed E-state index contributed by atoms with van der Waals surface area (Å²) in [4.78, 5) is 35.5. The summed E-state index contributed by atoms with van der Waals surface area (Å²) in [5, 5.41) is 0.911. The molecule has 2 aromatic rings. The van der Waals surface area contributed by atoms with Gasteiger partial charge in [0.25, 0.3) is 0 Å². The third-order valence-corrected chi connectivity index (χ3v) is 8.34. The number of fused-ring (bicyclic) bond motifs is 3. The van der Waals surface area contributed by atoms with Gasteiger partial charge in [0.1, 0.15) is 18.1 Å². The van der Waals surface area contributed by atoms with E-state index in [1.165, 1.54) is 26.4 Å². The molecule has 1 aromatic heterocycles. The summed E-state index contributed by atoms with van der Waals surface area (Å²) in [6.45, 7) is 4.12. The smallest absolute Gasteiger partial charge is 0.352 e. The van der Waals surface area contributed by atoms with Gasteiger partial charge < -0.3 is 19.2 Å². The summed E-state index contributed by atoms with van der Waals surface area (Å²) < 4.78 is 17.4. The van der Waals surface area contributed by atoms with Crippen molar-refractivity contribution in [2.45, 2.75) is 64.0 Å². The number of nitrogens with zero attached hydrogens (tertiary/aromatic N) is 2. The second kappa shape index (κ2) is 9.07. The Balaban J connectivity index is 1.30. The minimum absolute atomic E-state index is 0.0116. The molecule has 4 aliphatic rings. The van der Waals surface area contributed by atoms with Gasteiger partial charge in [-0.05, 0) is 57.6 Å². The van der Waals surface area contributed by atoms with E-state index in [1.807, 2.05) is 19.1 Å². The zero-order valence-corrected chi connectivity index (χ0v) is 21.0. The molecule has 0 radical (unpaired) electrons. The molecule has 1 spiro atoms. The molecular formula is C28H33N3O5. The van der Waals surface area contributed by atoms with Crippen molar-refractivity contribution >= 4 is 28.6 Å². The Morgan fingerprint density at radius 3 is 2.94 bits per heavy atom. The van der Waals surface area contributed by atoms with Crippen LogP contribution in [-0.2, 0) is 20.7 Å². The Kier molecular flexibility index (Phi) is 5.86. The van der Waals surface area contributed by atoms with Crippen LogP contribution in [-0.4, -0.2) is 60.1 Å². The molecule has 2 saturated heterocycles. The summed E-state index contributed by atoms with van der Waals surface area (Å²) in [5.74, 6) is 0.477. The molecule has 2 unspecified atom stereocenters. The minimum atomic E-state index is -0.442. The fourth-order valence-corrected chi connectivity index (χ4v) is 6.69. The van der Waals surface area contributed by atoms with Crippen LogP contribution in [0.25, 0.3) is 10.9 Å². The van der Waals surface area contributed by atoms with Gasteiger partial charge >= 0.3 is 11.9 Å². The molecule has 36 heavy (non-hydrogen) atoms. The molecule has 6 rings (SSSR count). The van der Waals surface area contributed by atoms with Gasteiger partial charge in [-0.1, -0.05) is 6.08 Å².